The van der Waals surface area contributed by atoms with Crippen molar-refractivity contribution in [3.8, 4) is 0 Å². The number of rotatable bonds is 5. The molecular formula is C13H19ClN2OS. The average molecular weight is 287 g/mol. The molecule has 0 bridgehead atoms. The summed E-state index contributed by atoms with van der Waals surface area (Å²) in [7, 11) is 0. The van der Waals surface area contributed by atoms with Gasteiger partial charge in [-0.1, -0.05) is 17.7 Å². The predicted octanol–water partition coefficient (Wildman–Crippen LogP) is 3.40. The second kappa shape index (κ2) is 6.57. The molecule has 0 spiro atoms. The van der Waals surface area contributed by atoms with Crippen molar-refractivity contribution in [1.82, 2.24) is 9.71 Å². The smallest absolute Gasteiger partial charge is 0.136 e. The number of hydrogen-bond acceptors (Lipinski definition) is 3. The molecule has 0 aromatic carbocycles. The molecule has 0 fully saturated rings. The summed E-state index contributed by atoms with van der Waals surface area (Å²) in [6.45, 7) is 9.51. The van der Waals surface area contributed by atoms with Gasteiger partial charge in [-0.2, -0.15) is 0 Å². The third-order valence-corrected chi connectivity index (χ3v) is 4.15. The SMILES string of the molecule is C=CCC(N[S+]([O-])C(C)(C)C)c1cncc(Cl)c1. The predicted molar refractivity (Wildman–Crippen MR) is 77.8 cm³/mol. The van der Waals surface area contributed by atoms with Gasteiger partial charge in [0, 0.05) is 23.8 Å². The summed E-state index contributed by atoms with van der Waals surface area (Å²) in [4.78, 5) is 4.05. The number of hydrogen-bond donors (Lipinski definition) is 1. The molecule has 1 rings (SSSR count). The Balaban J connectivity index is 2.86. The topological polar surface area (TPSA) is 48.0 Å². The third-order valence-electron chi connectivity index (χ3n) is 2.34. The second-order valence-corrected chi connectivity index (χ2v) is 7.45. The zero-order chi connectivity index (χ0) is 13.8. The van der Waals surface area contributed by atoms with Gasteiger partial charge in [0.25, 0.3) is 0 Å². The van der Waals surface area contributed by atoms with Gasteiger partial charge in [-0.3, -0.25) is 4.98 Å². The van der Waals surface area contributed by atoms with Gasteiger partial charge in [0.05, 0.1) is 11.1 Å². The molecule has 3 nitrogen and oxygen atoms in total. The molecule has 0 aliphatic rings. The first kappa shape index (κ1) is 15.5. The molecule has 0 aliphatic heterocycles. The lowest BCUT2D eigenvalue weighted by molar-refractivity contribution is 0.524. The third kappa shape index (κ3) is 4.61. The summed E-state index contributed by atoms with van der Waals surface area (Å²) >= 11 is 4.78. The molecule has 1 heterocycles. The maximum Gasteiger partial charge on any atom is 0.136 e. The van der Waals surface area contributed by atoms with E-state index in [0.29, 0.717) is 11.4 Å². The molecule has 5 heteroatoms. The van der Waals surface area contributed by atoms with E-state index in [0.717, 1.165) is 5.56 Å². The van der Waals surface area contributed by atoms with E-state index < -0.39 is 11.4 Å². The maximum atomic E-state index is 12.1. The maximum absolute atomic E-state index is 12.1. The molecule has 1 N–H and O–H groups in total. The number of nitrogens with one attached hydrogen (secondary N) is 1. The number of aromatic nitrogens is 1. The fraction of sp³-hybridized carbons (Fsp3) is 0.462. The van der Waals surface area contributed by atoms with E-state index in [1.54, 1.807) is 18.5 Å². The largest absolute Gasteiger partial charge is 0.598 e. The fourth-order valence-corrected chi connectivity index (χ4v) is 2.37. The molecule has 1 aromatic heterocycles. The van der Waals surface area contributed by atoms with Crippen LogP contribution in [0.3, 0.4) is 0 Å². The van der Waals surface area contributed by atoms with Gasteiger partial charge in [-0.05, 0) is 38.8 Å². The molecular weight excluding hydrogens is 268 g/mol. The van der Waals surface area contributed by atoms with Crippen LogP contribution < -0.4 is 4.72 Å². The minimum Gasteiger partial charge on any atom is -0.598 e. The van der Waals surface area contributed by atoms with Crippen molar-refractivity contribution in [2.45, 2.75) is 38.0 Å². The molecule has 2 unspecified atom stereocenters. The Morgan fingerprint density at radius 1 is 1.56 bits per heavy atom. The van der Waals surface area contributed by atoms with Crippen LogP contribution in [0.2, 0.25) is 5.02 Å². The van der Waals surface area contributed by atoms with Crippen LogP contribution in [0.25, 0.3) is 0 Å². The normalized spacial score (nSPS) is 15.2. The van der Waals surface area contributed by atoms with Crippen LogP contribution >= 0.6 is 11.6 Å². The van der Waals surface area contributed by atoms with E-state index in [9.17, 15) is 4.55 Å². The van der Waals surface area contributed by atoms with Crippen LogP contribution in [-0.2, 0) is 11.4 Å². The van der Waals surface area contributed by atoms with Gasteiger partial charge in [-0.25, -0.2) is 0 Å². The van der Waals surface area contributed by atoms with Gasteiger partial charge in [0.1, 0.15) is 4.75 Å². The van der Waals surface area contributed by atoms with E-state index in [1.807, 2.05) is 26.8 Å². The highest BCUT2D eigenvalue weighted by molar-refractivity contribution is 7.90. The van der Waals surface area contributed by atoms with E-state index in [-0.39, 0.29) is 10.8 Å². The molecule has 18 heavy (non-hydrogen) atoms. The Morgan fingerprint density at radius 3 is 2.72 bits per heavy atom. The average Bonchev–Trinajstić information content (AvgIpc) is 2.27. The number of nitrogens with zero attached hydrogens (tertiary/aromatic N) is 1. The van der Waals surface area contributed by atoms with Crippen LogP contribution in [-0.4, -0.2) is 14.3 Å². The first-order valence-corrected chi connectivity index (χ1v) is 7.26. The summed E-state index contributed by atoms with van der Waals surface area (Å²) in [5, 5.41) is 0.574. The minimum atomic E-state index is -1.14. The van der Waals surface area contributed by atoms with Crippen molar-refractivity contribution in [3.63, 3.8) is 0 Å². The lowest BCUT2D eigenvalue weighted by Crippen LogP contribution is -2.41. The molecule has 1 aromatic rings. The summed E-state index contributed by atoms with van der Waals surface area (Å²) in [5.74, 6) is 0. The van der Waals surface area contributed by atoms with E-state index in [1.165, 1.54) is 0 Å². The Kier molecular flexibility index (Phi) is 5.66. The van der Waals surface area contributed by atoms with Crippen LogP contribution in [0.15, 0.2) is 31.1 Å². The summed E-state index contributed by atoms with van der Waals surface area (Å²) in [6, 6.07) is 1.74. The van der Waals surface area contributed by atoms with E-state index in [2.05, 4.69) is 16.3 Å². The monoisotopic (exact) mass is 286 g/mol. The zero-order valence-corrected chi connectivity index (χ0v) is 12.5. The molecule has 100 valence electrons. The molecule has 0 amide bonds. The highest BCUT2D eigenvalue weighted by Gasteiger charge is 2.29. The Hall–Kier alpha value is -0.550. The van der Waals surface area contributed by atoms with Crippen LogP contribution in [0.1, 0.15) is 38.8 Å². The minimum absolute atomic E-state index is 0.0891. The van der Waals surface area contributed by atoms with Crippen molar-refractivity contribution >= 4 is 23.0 Å². The molecule has 0 aliphatic carbocycles. The van der Waals surface area contributed by atoms with Crippen molar-refractivity contribution in [2.24, 2.45) is 0 Å². The Morgan fingerprint density at radius 2 is 2.22 bits per heavy atom. The van der Waals surface area contributed by atoms with Crippen LogP contribution in [0.5, 0.6) is 0 Å². The lowest BCUT2D eigenvalue weighted by Gasteiger charge is -2.27. The summed E-state index contributed by atoms with van der Waals surface area (Å²) in [5.41, 5.74) is 0.917. The molecule has 0 radical (unpaired) electrons. The summed E-state index contributed by atoms with van der Waals surface area (Å²) in [6.07, 6.45) is 5.77. The Bertz CT molecular complexity index is 406. The highest BCUT2D eigenvalue weighted by Crippen LogP contribution is 2.23. The standard InChI is InChI=1S/C13H19ClN2OS/c1-5-6-12(16-18(17)13(2,3)4)10-7-11(14)9-15-8-10/h5,7-9,12,16H,1,6H2,2-4H3. The highest BCUT2D eigenvalue weighted by atomic mass is 35.5. The van der Waals surface area contributed by atoms with E-state index >= 15 is 0 Å². The van der Waals surface area contributed by atoms with Crippen molar-refractivity contribution in [3.05, 3.63) is 41.7 Å². The van der Waals surface area contributed by atoms with Crippen LogP contribution in [0, 0.1) is 0 Å². The van der Waals surface area contributed by atoms with Crippen molar-refractivity contribution < 1.29 is 4.55 Å². The first-order chi connectivity index (χ1) is 8.34. The quantitative estimate of drug-likeness (QED) is 0.666. The molecule has 2 atom stereocenters. The van der Waals surface area contributed by atoms with Crippen molar-refractivity contribution in [1.29, 1.82) is 0 Å². The number of halogens is 1. The second-order valence-electron chi connectivity index (χ2n) is 5.01. The Labute approximate surface area is 117 Å². The van der Waals surface area contributed by atoms with Gasteiger partial charge >= 0.3 is 0 Å². The first-order valence-electron chi connectivity index (χ1n) is 5.74. The van der Waals surface area contributed by atoms with Gasteiger partial charge in [-0.15, -0.1) is 11.3 Å². The summed E-state index contributed by atoms with van der Waals surface area (Å²) < 4.78 is 14.9. The molecule has 0 saturated heterocycles. The van der Waals surface area contributed by atoms with E-state index in [4.69, 9.17) is 11.6 Å². The fourth-order valence-electron chi connectivity index (χ4n) is 1.34. The lowest BCUT2D eigenvalue weighted by atomic mass is 10.1. The van der Waals surface area contributed by atoms with Crippen LogP contribution in [0.4, 0.5) is 0 Å². The molecule has 0 saturated carbocycles. The van der Waals surface area contributed by atoms with Crippen molar-refractivity contribution in [2.75, 3.05) is 0 Å². The van der Waals surface area contributed by atoms with Gasteiger partial charge in [0.2, 0.25) is 0 Å². The van der Waals surface area contributed by atoms with Gasteiger partial charge in [0.15, 0.2) is 0 Å². The zero-order valence-electron chi connectivity index (χ0n) is 10.9. The van der Waals surface area contributed by atoms with Gasteiger partial charge < -0.3 is 4.55 Å². The number of pyridine rings is 1.